The molecule has 0 radical (unpaired) electrons. The van der Waals surface area contributed by atoms with Crippen LogP contribution in [0.15, 0.2) is 70.2 Å². The molecule has 5 unspecified atom stereocenters. The molecule has 2 aliphatic heterocycles. The molecule has 1 fully saturated rings. The van der Waals surface area contributed by atoms with E-state index in [1.807, 2.05) is 0 Å². The first-order valence-corrected chi connectivity index (χ1v) is 12.0. The van der Waals surface area contributed by atoms with Crippen LogP contribution in [0.5, 0.6) is 11.5 Å². The van der Waals surface area contributed by atoms with Gasteiger partial charge in [0.25, 0.3) is 0 Å². The van der Waals surface area contributed by atoms with Crippen molar-refractivity contribution in [2.45, 2.75) is 30.2 Å². The van der Waals surface area contributed by atoms with E-state index in [-0.39, 0.29) is 22.1 Å². The van der Waals surface area contributed by atoms with Crippen LogP contribution >= 0.6 is 0 Å². The summed E-state index contributed by atoms with van der Waals surface area (Å²) in [6, 6.07) is 13.0. The van der Waals surface area contributed by atoms with E-state index in [1.54, 1.807) is 43.6 Å². The molecule has 1 saturated heterocycles. The van der Waals surface area contributed by atoms with Gasteiger partial charge in [-0.2, -0.15) is 0 Å². The molecule has 4 heterocycles. The number of benzene rings is 2. The number of nitrogens with one attached hydrogen (secondary N) is 1. The first-order valence-electron chi connectivity index (χ1n) is 12.0. The van der Waals surface area contributed by atoms with Crippen molar-refractivity contribution in [3.05, 3.63) is 81.8 Å². The van der Waals surface area contributed by atoms with Gasteiger partial charge in [0.15, 0.2) is 11.0 Å². The number of aromatic amines is 1. The quantitative estimate of drug-likeness (QED) is 0.287. The van der Waals surface area contributed by atoms with Crippen LogP contribution in [-0.4, -0.2) is 63.6 Å². The number of aliphatic carboxylic acids is 1. The number of methoxy groups -OCH3 is 1. The van der Waals surface area contributed by atoms with Crippen LogP contribution < -0.4 is 25.5 Å². The largest absolute Gasteiger partial charge is 0.497 e. The lowest BCUT2D eigenvalue weighted by molar-refractivity contribution is -0.286. The van der Waals surface area contributed by atoms with Crippen LogP contribution in [0.3, 0.4) is 0 Å². The molecule has 2 aromatic carbocycles. The van der Waals surface area contributed by atoms with Gasteiger partial charge in [0, 0.05) is 17.5 Å². The molecular weight excluding hydrogens is 510 g/mol. The summed E-state index contributed by atoms with van der Waals surface area (Å²) in [6.45, 7) is 0. The minimum Gasteiger partial charge on any atom is -0.497 e. The van der Waals surface area contributed by atoms with Crippen molar-refractivity contribution < 1.29 is 43.5 Å². The predicted octanol–water partition coefficient (Wildman–Crippen LogP) is 0.694. The van der Waals surface area contributed by atoms with Gasteiger partial charge in [0.2, 0.25) is 12.4 Å². The lowest BCUT2D eigenvalue weighted by Crippen LogP contribution is -2.69. The molecule has 39 heavy (non-hydrogen) atoms. The number of H-pyrrole nitrogens is 1. The van der Waals surface area contributed by atoms with Crippen molar-refractivity contribution in [3.63, 3.8) is 0 Å². The Morgan fingerprint density at radius 2 is 1.85 bits per heavy atom. The summed E-state index contributed by atoms with van der Waals surface area (Å²) in [7, 11) is 1.55. The number of fused-ring (bicyclic) bond motifs is 2. The number of carboxylic acids is 1. The normalized spacial score (nSPS) is 25.7. The van der Waals surface area contributed by atoms with Gasteiger partial charge in [0.1, 0.15) is 41.8 Å². The highest BCUT2D eigenvalue weighted by Crippen LogP contribution is 2.37. The lowest BCUT2D eigenvalue weighted by Gasteiger charge is -2.47. The summed E-state index contributed by atoms with van der Waals surface area (Å²) in [4.78, 5) is 28.2. The monoisotopic (exact) mass is 533 g/mol. The molecule has 0 amide bonds. The summed E-state index contributed by atoms with van der Waals surface area (Å²) in [6.07, 6.45) is -1.05. The minimum absolute atomic E-state index is 0.118. The first kappa shape index (κ1) is 24.7. The second-order valence-corrected chi connectivity index (χ2v) is 9.22. The summed E-state index contributed by atoms with van der Waals surface area (Å²) < 4.78 is 27.9. The maximum Gasteiger partial charge on any atom is 0.337 e. The van der Waals surface area contributed by atoms with Gasteiger partial charge in [-0.15, -0.1) is 0 Å². The maximum atomic E-state index is 13.1. The fraction of sp³-hybridized carbons (Fsp3) is 0.214. The van der Waals surface area contributed by atoms with E-state index in [1.165, 1.54) is 36.8 Å². The highest BCUT2D eigenvalue weighted by molar-refractivity contribution is 5.82. The van der Waals surface area contributed by atoms with Crippen molar-refractivity contribution in [3.8, 4) is 22.6 Å². The number of aromatic nitrogens is 1. The third-order valence-corrected chi connectivity index (χ3v) is 6.94. The number of aliphatic hydroxyl groups excluding tert-OH is 2. The Hall–Kier alpha value is -4.58. The SMILES string of the molecule is COc1ccc(-c2coc3cc(OC4OC(C(=O)O)C5(C=c6cc[nH]c6=CO5)C(O)C4O)ccc3c2=O)cc1. The summed E-state index contributed by atoms with van der Waals surface area (Å²) in [5.41, 5.74) is -0.956. The molecule has 11 heteroatoms. The van der Waals surface area contributed by atoms with Gasteiger partial charge in [-0.25, -0.2) is 4.79 Å². The number of carboxylic acid groups (broad SMARTS) is 1. The predicted molar refractivity (Wildman–Crippen MR) is 136 cm³/mol. The Morgan fingerprint density at radius 3 is 2.59 bits per heavy atom. The van der Waals surface area contributed by atoms with Gasteiger partial charge >= 0.3 is 5.97 Å². The smallest absolute Gasteiger partial charge is 0.337 e. The van der Waals surface area contributed by atoms with Gasteiger partial charge in [0.05, 0.1) is 23.4 Å². The molecule has 4 N–H and O–H groups in total. The number of rotatable bonds is 5. The van der Waals surface area contributed by atoms with Gasteiger partial charge < -0.3 is 43.7 Å². The zero-order valence-corrected chi connectivity index (χ0v) is 20.4. The number of hydrogen-bond donors (Lipinski definition) is 4. The van der Waals surface area contributed by atoms with Crippen LogP contribution in [0, 0.1) is 0 Å². The van der Waals surface area contributed by atoms with Crippen LogP contribution in [0.1, 0.15) is 0 Å². The van der Waals surface area contributed by atoms with E-state index in [0.717, 1.165) is 0 Å². The molecule has 200 valence electrons. The van der Waals surface area contributed by atoms with E-state index in [9.17, 15) is 24.9 Å². The van der Waals surface area contributed by atoms with Crippen molar-refractivity contribution in [1.82, 2.24) is 4.98 Å². The van der Waals surface area contributed by atoms with Crippen LogP contribution in [0.4, 0.5) is 0 Å². The number of carbonyl (C=O) groups is 1. The zero-order chi connectivity index (χ0) is 27.3. The highest BCUT2D eigenvalue weighted by Gasteiger charge is 2.60. The fourth-order valence-corrected chi connectivity index (χ4v) is 4.88. The molecule has 0 aliphatic carbocycles. The molecule has 2 aromatic heterocycles. The molecular formula is C28H23NO10. The lowest BCUT2D eigenvalue weighted by atomic mass is 9.82. The van der Waals surface area contributed by atoms with Crippen molar-refractivity contribution in [2.24, 2.45) is 0 Å². The number of hydrogen-bond acceptors (Lipinski definition) is 9. The summed E-state index contributed by atoms with van der Waals surface area (Å²) >= 11 is 0. The molecule has 1 spiro atoms. The molecule has 0 bridgehead atoms. The number of ether oxygens (including phenoxy) is 4. The first-order chi connectivity index (χ1) is 18.8. The van der Waals surface area contributed by atoms with Crippen LogP contribution in [0.25, 0.3) is 34.4 Å². The molecule has 11 nitrogen and oxygen atoms in total. The Labute approximate surface area is 219 Å². The van der Waals surface area contributed by atoms with Gasteiger partial charge in [-0.3, -0.25) is 4.79 Å². The molecule has 5 atom stereocenters. The summed E-state index contributed by atoms with van der Waals surface area (Å²) in [5, 5.41) is 33.3. The third-order valence-electron chi connectivity index (χ3n) is 6.94. The van der Waals surface area contributed by atoms with Gasteiger partial charge in [-0.1, -0.05) is 12.1 Å². The van der Waals surface area contributed by atoms with Crippen LogP contribution in [-0.2, 0) is 14.3 Å². The van der Waals surface area contributed by atoms with Crippen molar-refractivity contribution in [2.75, 3.05) is 7.11 Å². The number of aliphatic hydroxyl groups is 2. The zero-order valence-electron chi connectivity index (χ0n) is 20.4. The average Bonchev–Trinajstić information content (AvgIpc) is 3.41. The second kappa shape index (κ2) is 9.31. The van der Waals surface area contributed by atoms with Crippen molar-refractivity contribution >= 4 is 29.3 Å². The Balaban J connectivity index is 1.29. The van der Waals surface area contributed by atoms with Crippen molar-refractivity contribution in [1.29, 1.82) is 0 Å². The van der Waals surface area contributed by atoms with E-state index in [0.29, 0.717) is 27.4 Å². The van der Waals surface area contributed by atoms with E-state index < -0.39 is 36.2 Å². The Bertz CT molecular complexity index is 1740. The standard InChI is InChI=1S/C28H23NO10/c1-35-16-4-2-14(3-5-16)19-12-36-21-10-17(6-7-18(21)22(19)30)38-27-23(31)24(32)28(25(39-27)26(33)34)11-15-8-9-29-20(15)13-37-28/h2-13,23-25,27,29,31-32H,1H3,(H,33,34). The average molecular weight is 533 g/mol. The third kappa shape index (κ3) is 4.04. The minimum atomic E-state index is -1.89. The summed E-state index contributed by atoms with van der Waals surface area (Å²) in [5.74, 6) is -0.653. The fourth-order valence-electron chi connectivity index (χ4n) is 4.88. The van der Waals surface area contributed by atoms with E-state index in [2.05, 4.69) is 4.98 Å². The molecule has 2 aliphatic rings. The molecule has 4 aromatic rings. The Morgan fingerprint density at radius 1 is 1.08 bits per heavy atom. The van der Waals surface area contributed by atoms with E-state index >= 15 is 0 Å². The van der Waals surface area contributed by atoms with Crippen LogP contribution in [0.2, 0.25) is 0 Å². The Kier molecular flexibility index (Phi) is 5.91. The molecule has 0 saturated carbocycles. The molecule has 6 rings (SSSR count). The van der Waals surface area contributed by atoms with E-state index in [4.69, 9.17) is 23.4 Å². The second-order valence-electron chi connectivity index (χ2n) is 9.22. The maximum absolute atomic E-state index is 13.1. The highest BCUT2D eigenvalue weighted by atomic mass is 16.7. The topological polar surface area (TPSA) is 161 Å². The van der Waals surface area contributed by atoms with Gasteiger partial charge in [-0.05, 0) is 42.0 Å².